The number of rotatable bonds is 8. The SMILES string of the molecule is COCC(O)CNC(C)CC(=O)Nc1ccc(C)c(Cl)c1. The molecule has 0 aliphatic carbocycles. The van der Waals surface area contributed by atoms with E-state index >= 15 is 0 Å². The lowest BCUT2D eigenvalue weighted by Crippen LogP contribution is -2.37. The minimum absolute atomic E-state index is 0.0440. The molecule has 1 rings (SSSR count). The van der Waals surface area contributed by atoms with Crippen LogP contribution in [-0.4, -0.2) is 43.4 Å². The molecule has 0 spiro atoms. The molecule has 6 heteroatoms. The fourth-order valence-electron chi connectivity index (χ4n) is 1.82. The molecule has 1 amide bonds. The van der Waals surface area contributed by atoms with Crippen molar-refractivity contribution in [3.05, 3.63) is 28.8 Å². The Hall–Kier alpha value is -1.14. The summed E-state index contributed by atoms with van der Waals surface area (Å²) in [6.07, 6.45) is -0.262. The Morgan fingerprint density at radius 2 is 2.19 bits per heavy atom. The second-order valence-electron chi connectivity index (χ2n) is 5.13. The van der Waals surface area contributed by atoms with E-state index in [2.05, 4.69) is 10.6 Å². The lowest BCUT2D eigenvalue weighted by molar-refractivity contribution is -0.116. The number of ether oxygens (including phenoxy) is 1. The number of hydrogen-bond acceptors (Lipinski definition) is 4. The molecule has 0 heterocycles. The van der Waals surface area contributed by atoms with Gasteiger partial charge < -0.3 is 20.5 Å². The number of hydrogen-bond donors (Lipinski definition) is 3. The maximum Gasteiger partial charge on any atom is 0.225 e. The number of halogens is 1. The Balaban J connectivity index is 2.37. The van der Waals surface area contributed by atoms with Gasteiger partial charge in [0.15, 0.2) is 0 Å². The largest absolute Gasteiger partial charge is 0.389 e. The van der Waals surface area contributed by atoms with E-state index in [9.17, 15) is 9.90 Å². The molecule has 0 aliphatic rings. The van der Waals surface area contributed by atoms with E-state index in [1.807, 2.05) is 26.0 Å². The smallest absolute Gasteiger partial charge is 0.225 e. The maximum atomic E-state index is 11.9. The fraction of sp³-hybridized carbons (Fsp3) is 0.533. The van der Waals surface area contributed by atoms with E-state index in [0.717, 1.165) is 5.56 Å². The van der Waals surface area contributed by atoms with Crippen LogP contribution in [0.4, 0.5) is 5.69 Å². The second-order valence-corrected chi connectivity index (χ2v) is 5.54. The molecule has 21 heavy (non-hydrogen) atoms. The van der Waals surface area contributed by atoms with Crippen LogP contribution in [0.5, 0.6) is 0 Å². The van der Waals surface area contributed by atoms with Crippen molar-refractivity contribution in [3.63, 3.8) is 0 Å². The van der Waals surface area contributed by atoms with E-state index in [0.29, 0.717) is 23.7 Å². The number of anilines is 1. The Morgan fingerprint density at radius 3 is 2.81 bits per heavy atom. The number of aliphatic hydroxyl groups is 1. The molecule has 118 valence electrons. The van der Waals surface area contributed by atoms with Crippen LogP contribution in [-0.2, 0) is 9.53 Å². The van der Waals surface area contributed by atoms with Crippen molar-refractivity contribution in [3.8, 4) is 0 Å². The molecule has 1 aromatic carbocycles. The summed E-state index contributed by atoms with van der Waals surface area (Å²) in [5.41, 5.74) is 1.65. The summed E-state index contributed by atoms with van der Waals surface area (Å²) in [5, 5.41) is 16.0. The number of benzene rings is 1. The van der Waals surface area contributed by atoms with Crippen LogP contribution < -0.4 is 10.6 Å². The highest BCUT2D eigenvalue weighted by Gasteiger charge is 2.11. The minimum Gasteiger partial charge on any atom is -0.389 e. The molecule has 0 saturated heterocycles. The van der Waals surface area contributed by atoms with E-state index in [1.165, 1.54) is 7.11 Å². The predicted molar refractivity (Wildman–Crippen MR) is 84.8 cm³/mol. The van der Waals surface area contributed by atoms with Crippen molar-refractivity contribution in [2.45, 2.75) is 32.4 Å². The first-order chi connectivity index (χ1) is 9.92. The van der Waals surface area contributed by atoms with E-state index < -0.39 is 6.10 Å². The van der Waals surface area contributed by atoms with E-state index in [-0.39, 0.29) is 18.6 Å². The standard InChI is InChI=1S/C15H23ClN2O3/c1-10-4-5-12(7-14(10)16)18-15(20)6-11(2)17-8-13(19)9-21-3/h4-5,7,11,13,17,19H,6,8-9H2,1-3H3,(H,18,20). The van der Waals surface area contributed by atoms with Crippen LogP contribution in [0.15, 0.2) is 18.2 Å². The van der Waals surface area contributed by atoms with Gasteiger partial charge in [0.1, 0.15) is 0 Å². The third kappa shape index (κ3) is 6.91. The van der Waals surface area contributed by atoms with E-state index in [1.54, 1.807) is 6.07 Å². The quantitative estimate of drug-likeness (QED) is 0.686. The predicted octanol–water partition coefficient (Wildman–Crippen LogP) is 1.96. The van der Waals surface area contributed by atoms with Gasteiger partial charge in [0.2, 0.25) is 5.91 Å². The number of nitrogens with one attached hydrogen (secondary N) is 2. The van der Waals surface area contributed by atoms with Gasteiger partial charge in [-0.2, -0.15) is 0 Å². The lowest BCUT2D eigenvalue weighted by Gasteiger charge is -2.16. The molecule has 2 unspecified atom stereocenters. The summed E-state index contributed by atoms with van der Waals surface area (Å²) in [6.45, 7) is 4.46. The van der Waals surface area contributed by atoms with Gasteiger partial charge in [-0.1, -0.05) is 17.7 Å². The third-order valence-electron chi connectivity index (χ3n) is 3.01. The molecule has 3 N–H and O–H groups in total. The van der Waals surface area contributed by atoms with Gasteiger partial charge in [-0.05, 0) is 31.5 Å². The second kappa shape index (κ2) is 9.00. The molecule has 0 saturated carbocycles. The van der Waals surface area contributed by atoms with Crippen molar-refractivity contribution in [2.24, 2.45) is 0 Å². The van der Waals surface area contributed by atoms with Crippen molar-refractivity contribution in [1.82, 2.24) is 5.32 Å². The van der Waals surface area contributed by atoms with Crippen molar-refractivity contribution < 1.29 is 14.6 Å². The van der Waals surface area contributed by atoms with Gasteiger partial charge in [-0.25, -0.2) is 0 Å². The average molecular weight is 315 g/mol. The number of amides is 1. The van der Waals surface area contributed by atoms with Gasteiger partial charge in [-0.3, -0.25) is 4.79 Å². The first-order valence-electron chi connectivity index (χ1n) is 6.88. The lowest BCUT2D eigenvalue weighted by atomic mass is 10.2. The molecule has 1 aromatic rings. The highest BCUT2D eigenvalue weighted by molar-refractivity contribution is 6.31. The molecule has 0 radical (unpaired) electrons. The summed E-state index contributed by atoms with van der Waals surface area (Å²) in [6, 6.07) is 5.37. The minimum atomic E-state index is -0.573. The molecule has 5 nitrogen and oxygen atoms in total. The third-order valence-corrected chi connectivity index (χ3v) is 3.42. The molecule has 0 fully saturated rings. The molecule has 0 bridgehead atoms. The monoisotopic (exact) mass is 314 g/mol. The maximum absolute atomic E-state index is 11.9. The van der Waals surface area contributed by atoms with Crippen molar-refractivity contribution >= 4 is 23.2 Å². The molecule has 2 atom stereocenters. The van der Waals surface area contributed by atoms with E-state index in [4.69, 9.17) is 16.3 Å². The first-order valence-corrected chi connectivity index (χ1v) is 7.26. The Morgan fingerprint density at radius 1 is 1.48 bits per heavy atom. The highest BCUT2D eigenvalue weighted by Crippen LogP contribution is 2.20. The summed E-state index contributed by atoms with van der Waals surface area (Å²) in [7, 11) is 1.53. The zero-order chi connectivity index (χ0) is 15.8. The Labute approximate surface area is 130 Å². The van der Waals surface area contributed by atoms with Crippen LogP contribution in [0, 0.1) is 6.92 Å². The van der Waals surface area contributed by atoms with Crippen LogP contribution >= 0.6 is 11.6 Å². The molecule has 0 aromatic heterocycles. The van der Waals surface area contributed by atoms with Crippen LogP contribution in [0.1, 0.15) is 18.9 Å². The number of methoxy groups -OCH3 is 1. The van der Waals surface area contributed by atoms with Gasteiger partial charge in [0.25, 0.3) is 0 Å². The Kier molecular flexibility index (Phi) is 7.67. The summed E-state index contributed by atoms with van der Waals surface area (Å²) < 4.78 is 4.84. The number of aryl methyl sites for hydroxylation is 1. The summed E-state index contributed by atoms with van der Waals surface area (Å²) in [4.78, 5) is 11.9. The number of aliphatic hydroxyl groups excluding tert-OH is 1. The van der Waals surface area contributed by atoms with Crippen molar-refractivity contribution in [1.29, 1.82) is 0 Å². The van der Waals surface area contributed by atoms with Gasteiger partial charge in [-0.15, -0.1) is 0 Å². The number of carbonyl (C=O) groups excluding carboxylic acids is 1. The van der Waals surface area contributed by atoms with Gasteiger partial charge in [0.05, 0.1) is 12.7 Å². The fourth-order valence-corrected chi connectivity index (χ4v) is 2.00. The molecular formula is C15H23ClN2O3. The average Bonchev–Trinajstić information content (AvgIpc) is 2.41. The van der Waals surface area contributed by atoms with Crippen LogP contribution in [0.2, 0.25) is 5.02 Å². The topological polar surface area (TPSA) is 70.6 Å². The number of carbonyl (C=O) groups is 1. The molecular weight excluding hydrogens is 292 g/mol. The zero-order valence-electron chi connectivity index (χ0n) is 12.6. The summed E-state index contributed by atoms with van der Waals surface area (Å²) in [5.74, 6) is -0.101. The molecule has 0 aliphatic heterocycles. The van der Waals surface area contributed by atoms with Gasteiger partial charge in [0, 0.05) is 36.8 Å². The van der Waals surface area contributed by atoms with Crippen LogP contribution in [0.25, 0.3) is 0 Å². The van der Waals surface area contributed by atoms with Gasteiger partial charge >= 0.3 is 0 Å². The first kappa shape index (κ1) is 17.9. The highest BCUT2D eigenvalue weighted by atomic mass is 35.5. The summed E-state index contributed by atoms with van der Waals surface area (Å²) >= 11 is 6.01. The Bertz CT molecular complexity index is 468. The normalized spacial score (nSPS) is 13.8. The van der Waals surface area contributed by atoms with Crippen molar-refractivity contribution in [2.75, 3.05) is 25.6 Å². The van der Waals surface area contributed by atoms with Crippen LogP contribution in [0.3, 0.4) is 0 Å². The zero-order valence-corrected chi connectivity index (χ0v) is 13.4.